The van der Waals surface area contributed by atoms with Crippen LogP contribution in [0.4, 0.5) is 57.1 Å². The van der Waals surface area contributed by atoms with Gasteiger partial charge in [0.15, 0.2) is 5.92 Å². The van der Waals surface area contributed by atoms with Crippen molar-refractivity contribution < 1.29 is 66.6 Å². The molecule has 0 amide bonds. The summed E-state index contributed by atoms with van der Waals surface area (Å²) in [7, 11) is -2.83. The van der Waals surface area contributed by atoms with E-state index in [-0.39, 0.29) is 11.3 Å². The average molecular weight is 579 g/mol. The minimum absolute atomic E-state index is 0.0924. The van der Waals surface area contributed by atoms with E-state index in [4.69, 9.17) is 0 Å². The first-order valence-corrected chi connectivity index (χ1v) is 13.4. The van der Waals surface area contributed by atoms with Gasteiger partial charge in [0.1, 0.15) is 0 Å². The normalized spacial score (nSPS) is 15.2. The summed E-state index contributed by atoms with van der Waals surface area (Å²) in [5, 5.41) is 8.98. The number of hydrogen-bond acceptors (Lipinski definition) is 3. The average Bonchev–Trinajstić information content (AvgIpc) is 2.72. The van der Waals surface area contributed by atoms with Crippen LogP contribution < -0.4 is 5.19 Å². The third-order valence-corrected chi connectivity index (χ3v) is 7.20. The summed E-state index contributed by atoms with van der Waals surface area (Å²) in [5.41, 5.74) is -3.77. The van der Waals surface area contributed by atoms with Crippen molar-refractivity contribution >= 4 is 19.2 Å². The molecule has 0 fully saturated rings. The highest BCUT2D eigenvalue weighted by atomic mass is 28.3. The van der Waals surface area contributed by atoms with E-state index in [9.17, 15) is 58.4 Å². The van der Waals surface area contributed by atoms with E-state index in [2.05, 4.69) is 4.74 Å². The first kappa shape index (κ1) is 32.5. The van der Waals surface area contributed by atoms with Gasteiger partial charge in [0.05, 0.1) is 20.7 Å². The van der Waals surface area contributed by atoms with E-state index in [0.717, 1.165) is 12.1 Å². The molecule has 1 aromatic rings. The highest BCUT2D eigenvalue weighted by molar-refractivity contribution is 6.88. The van der Waals surface area contributed by atoms with Crippen LogP contribution in [0.3, 0.4) is 0 Å². The van der Waals surface area contributed by atoms with E-state index in [1.165, 1.54) is 26.6 Å². The van der Waals surface area contributed by atoms with Crippen molar-refractivity contribution in [3.8, 4) is 6.07 Å². The van der Waals surface area contributed by atoms with Gasteiger partial charge in [0.2, 0.25) is 0 Å². The monoisotopic (exact) mass is 579 g/mol. The van der Waals surface area contributed by atoms with E-state index in [1.54, 1.807) is 0 Å². The second-order valence-electron chi connectivity index (χ2n) is 8.74. The largest absolute Gasteiger partial charge is 0.465 e. The molecule has 1 rings (SSSR count). The number of esters is 1. The second-order valence-corrected chi connectivity index (χ2v) is 13.8. The van der Waals surface area contributed by atoms with Crippen LogP contribution in [0.25, 0.3) is 0 Å². The molecule has 0 aliphatic carbocycles. The highest BCUT2D eigenvalue weighted by Gasteiger charge is 2.91. The molecule has 0 heterocycles. The molecule has 1 atom stereocenters. The number of benzene rings is 1. The molecular weight excluding hydrogens is 561 g/mol. The van der Waals surface area contributed by atoms with Crippen molar-refractivity contribution in [1.82, 2.24) is 0 Å². The van der Waals surface area contributed by atoms with Crippen molar-refractivity contribution in [3.05, 3.63) is 29.3 Å². The number of ether oxygens (including phenoxy) is 1. The highest BCUT2D eigenvalue weighted by Crippen LogP contribution is 2.62. The lowest BCUT2D eigenvalue weighted by molar-refractivity contribution is -0.441. The van der Waals surface area contributed by atoms with E-state index < -0.39 is 73.5 Å². The Morgan fingerprint density at radius 2 is 1.32 bits per heavy atom. The molecule has 0 aliphatic rings. The standard InChI is InChI=1S/C20H18F13NO2Si/c1-5-36-14(35)12(9-34)11-7-6-10(37(2,3)4)8-13(11)15(21,22)16(23,24)17(25,26)18(27,28)19(29,30)20(31,32)33/h6-8,12H,5H2,1-4H3. The van der Waals surface area contributed by atoms with Crippen molar-refractivity contribution in [2.45, 2.75) is 68.3 Å². The van der Waals surface area contributed by atoms with Gasteiger partial charge in [-0.3, -0.25) is 4.79 Å². The van der Waals surface area contributed by atoms with Gasteiger partial charge in [-0.15, -0.1) is 0 Å². The van der Waals surface area contributed by atoms with Crippen LogP contribution >= 0.6 is 0 Å². The Hall–Kier alpha value is -2.51. The van der Waals surface area contributed by atoms with Gasteiger partial charge in [0, 0.05) is 5.56 Å². The lowest BCUT2D eigenvalue weighted by Crippen LogP contribution is -2.69. The van der Waals surface area contributed by atoms with Gasteiger partial charge in [-0.1, -0.05) is 43.0 Å². The van der Waals surface area contributed by atoms with Crippen LogP contribution in [-0.2, 0) is 15.5 Å². The molecule has 37 heavy (non-hydrogen) atoms. The van der Waals surface area contributed by atoms with Gasteiger partial charge in [-0.05, 0) is 12.5 Å². The summed E-state index contributed by atoms with van der Waals surface area (Å²) in [6.07, 6.45) is -7.54. The number of nitrogens with zero attached hydrogens (tertiary/aromatic N) is 1. The molecule has 0 aromatic heterocycles. The summed E-state index contributed by atoms with van der Waals surface area (Å²) < 4.78 is 183. The number of nitriles is 1. The van der Waals surface area contributed by atoms with Crippen LogP contribution in [-0.4, -0.2) is 50.5 Å². The SMILES string of the molecule is CCOC(=O)C(C#N)c1ccc([Si](C)(C)C)cc1C(F)(F)C(F)(F)C(F)(F)C(F)(F)C(F)(F)C(F)(F)F. The first-order chi connectivity index (χ1) is 16.3. The van der Waals surface area contributed by atoms with E-state index in [1.807, 2.05) is 0 Å². The lowest BCUT2D eigenvalue weighted by Gasteiger charge is -2.40. The molecule has 0 aliphatic heterocycles. The number of halogens is 13. The maximum absolute atomic E-state index is 15.1. The molecule has 3 nitrogen and oxygen atoms in total. The maximum atomic E-state index is 15.1. The van der Waals surface area contributed by atoms with Crippen LogP contribution in [0.15, 0.2) is 18.2 Å². The van der Waals surface area contributed by atoms with Crippen LogP contribution in [0.1, 0.15) is 24.0 Å². The number of hydrogen-bond donors (Lipinski definition) is 0. The fourth-order valence-electron chi connectivity index (χ4n) is 2.96. The Bertz CT molecular complexity index is 1060. The van der Waals surface area contributed by atoms with E-state index in [0.29, 0.717) is 6.07 Å². The molecule has 0 N–H and O–H groups in total. The van der Waals surface area contributed by atoms with Gasteiger partial charge in [-0.2, -0.15) is 62.3 Å². The Kier molecular flexibility index (Phi) is 8.49. The molecule has 0 saturated carbocycles. The molecule has 17 heteroatoms. The van der Waals surface area contributed by atoms with Gasteiger partial charge >= 0.3 is 41.8 Å². The zero-order valence-electron chi connectivity index (χ0n) is 19.2. The number of rotatable bonds is 9. The number of carbonyl (C=O) groups is 1. The molecule has 0 saturated heterocycles. The minimum Gasteiger partial charge on any atom is -0.465 e. The predicted octanol–water partition coefficient (Wildman–Crippen LogP) is 6.60. The van der Waals surface area contributed by atoms with Gasteiger partial charge in [0.25, 0.3) is 0 Å². The number of alkyl halides is 13. The molecule has 0 bridgehead atoms. The lowest BCUT2D eigenvalue weighted by atomic mass is 9.85. The summed E-state index contributed by atoms with van der Waals surface area (Å²) in [5.74, 6) is -42.3. The third-order valence-electron chi connectivity index (χ3n) is 5.15. The first-order valence-electron chi connectivity index (χ1n) is 9.94. The molecule has 0 radical (unpaired) electrons. The van der Waals surface area contributed by atoms with Crippen LogP contribution in [0, 0.1) is 11.3 Å². The Morgan fingerprint density at radius 1 is 0.865 bits per heavy atom. The zero-order chi connectivity index (χ0) is 29.6. The Morgan fingerprint density at radius 3 is 1.70 bits per heavy atom. The second kappa shape index (κ2) is 9.66. The summed E-state index contributed by atoms with van der Waals surface area (Å²) >= 11 is 0. The molecular formula is C20H18F13NO2Si. The van der Waals surface area contributed by atoms with Gasteiger partial charge in [-0.25, -0.2) is 0 Å². The van der Waals surface area contributed by atoms with Crippen molar-refractivity contribution in [1.29, 1.82) is 5.26 Å². The maximum Gasteiger partial charge on any atom is 0.460 e. The van der Waals surface area contributed by atoms with Crippen LogP contribution in [0.2, 0.25) is 19.6 Å². The zero-order valence-corrected chi connectivity index (χ0v) is 20.2. The quantitative estimate of drug-likeness (QED) is 0.188. The topological polar surface area (TPSA) is 50.1 Å². The Labute approximate surface area is 202 Å². The molecule has 210 valence electrons. The molecule has 1 aromatic carbocycles. The fourth-order valence-corrected chi connectivity index (χ4v) is 4.12. The van der Waals surface area contributed by atoms with Crippen molar-refractivity contribution in [2.75, 3.05) is 6.61 Å². The van der Waals surface area contributed by atoms with Crippen molar-refractivity contribution in [3.63, 3.8) is 0 Å². The van der Waals surface area contributed by atoms with Crippen molar-refractivity contribution in [2.24, 2.45) is 0 Å². The fraction of sp³-hybridized carbons (Fsp3) is 0.600. The summed E-state index contributed by atoms with van der Waals surface area (Å²) in [6.45, 7) is 4.95. The summed E-state index contributed by atoms with van der Waals surface area (Å²) in [6, 6.07) is 2.59. The third kappa shape index (κ3) is 5.12. The molecule has 1 unspecified atom stereocenters. The molecule has 0 spiro atoms. The van der Waals surface area contributed by atoms with E-state index >= 15 is 8.78 Å². The van der Waals surface area contributed by atoms with Gasteiger partial charge < -0.3 is 4.74 Å². The Balaban J connectivity index is 4.04. The smallest absolute Gasteiger partial charge is 0.460 e. The van der Waals surface area contributed by atoms with Crippen LogP contribution in [0.5, 0.6) is 0 Å². The predicted molar refractivity (Wildman–Crippen MR) is 104 cm³/mol. The number of carbonyl (C=O) groups excluding carboxylic acids is 1. The minimum atomic E-state index is -8.07. The summed E-state index contributed by atoms with van der Waals surface area (Å²) in [4.78, 5) is 12.0.